The summed E-state index contributed by atoms with van der Waals surface area (Å²) in [5, 5.41) is 3.88. The van der Waals surface area contributed by atoms with E-state index in [1.54, 1.807) is 49.6 Å². The molecule has 3 aromatic carbocycles. The molecule has 3 aromatic rings. The molecule has 0 atom stereocenters. The first-order valence-corrected chi connectivity index (χ1v) is 11.5. The molecule has 0 radical (unpaired) electrons. The lowest BCUT2D eigenvalue weighted by Gasteiger charge is -2.22. The zero-order valence-electron chi connectivity index (χ0n) is 18.2. The highest BCUT2D eigenvalue weighted by atomic mass is 32.2. The largest absolute Gasteiger partial charge is 0.497 e. The molecule has 0 heterocycles. The van der Waals surface area contributed by atoms with E-state index in [1.165, 1.54) is 36.5 Å². The number of sulfonamides is 1. The predicted octanol–water partition coefficient (Wildman–Crippen LogP) is 3.48. The van der Waals surface area contributed by atoms with Gasteiger partial charge in [-0.15, -0.1) is 0 Å². The van der Waals surface area contributed by atoms with Gasteiger partial charge in [-0.3, -0.25) is 4.79 Å². The van der Waals surface area contributed by atoms with Crippen LogP contribution in [-0.2, 0) is 21.4 Å². The zero-order chi connectivity index (χ0) is 23.8. The summed E-state index contributed by atoms with van der Waals surface area (Å²) in [6, 6.07) is 19.1. The molecule has 7 nitrogen and oxygen atoms in total. The minimum Gasteiger partial charge on any atom is -0.497 e. The molecule has 1 amide bonds. The smallest absolute Gasteiger partial charge is 0.255 e. The SMILES string of the molecule is COc1ccc(/C=N\NC(=O)CN(Cc2ccccc2F)S(=O)(=O)c2ccc(C)cc2)cc1. The van der Waals surface area contributed by atoms with Gasteiger partial charge >= 0.3 is 0 Å². The monoisotopic (exact) mass is 469 g/mol. The van der Waals surface area contributed by atoms with Crippen molar-refractivity contribution in [3.05, 3.63) is 95.3 Å². The van der Waals surface area contributed by atoms with Gasteiger partial charge in [-0.1, -0.05) is 35.9 Å². The number of amides is 1. The number of carbonyl (C=O) groups is 1. The first-order valence-electron chi connectivity index (χ1n) is 10.1. The molecule has 33 heavy (non-hydrogen) atoms. The lowest BCUT2D eigenvalue weighted by Crippen LogP contribution is -2.39. The molecule has 0 aliphatic rings. The molecule has 1 N–H and O–H groups in total. The normalized spacial score (nSPS) is 11.6. The highest BCUT2D eigenvalue weighted by Gasteiger charge is 2.27. The minimum atomic E-state index is -4.07. The van der Waals surface area contributed by atoms with Gasteiger partial charge in [0.25, 0.3) is 5.91 Å². The minimum absolute atomic E-state index is 0.0129. The average molecular weight is 470 g/mol. The van der Waals surface area contributed by atoms with Crippen molar-refractivity contribution in [3.8, 4) is 5.75 Å². The van der Waals surface area contributed by atoms with Gasteiger partial charge in [-0.25, -0.2) is 18.2 Å². The predicted molar refractivity (Wildman–Crippen MR) is 124 cm³/mol. The third-order valence-electron chi connectivity index (χ3n) is 4.80. The fourth-order valence-electron chi connectivity index (χ4n) is 2.97. The zero-order valence-corrected chi connectivity index (χ0v) is 19.0. The van der Waals surface area contributed by atoms with Crippen molar-refractivity contribution >= 4 is 22.1 Å². The van der Waals surface area contributed by atoms with Gasteiger partial charge in [-0.05, 0) is 55.0 Å². The second-order valence-corrected chi connectivity index (χ2v) is 9.18. The molecule has 3 rings (SSSR count). The van der Waals surface area contributed by atoms with Gasteiger partial charge < -0.3 is 4.74 Å². The summed E-state index contributed by atoms with van der Waals surface area (Å²) < 4.78 is 46.7. The van der Waals surface area contributed by atoms with Crippen LogP contribution in [0.4, 0.5) is 4.39 Å². The van der Waals surface area contributed by atoms with Crippen molar-refractivity contribution < 1.29 is 22.3 Å². The number of hydrazone groups is 1. The Bertz CT molecular complexity index is 1230. The number of nitrogens with one attached hydrogen (secondary N) is 1. The molecule has 0 unspecified atom stereocenters. The Hall–Kier alpha value is -3.56. The average Bonchev–Trinajstić information content (AvgIpc) is 2.80. The van der Waals surface area contributed by atoms with E-state index in [4.69, 9.17) is 4.74 Å². The molecule has 0 spiro atoms. The molecule has 0 saturated heterocycles. The first kappa shape index (κ1) is 24.1. The summed E-state index contributed by atoms with van der Waals surface area (Å²) >= 11 is 0. The van der Waals surface area contributed by atoms with Crippen molar-refractivity contribution in [1.82, 2.24) is 9.73 Å². The summed E-state index contributed by atoms with van der Waals surface area (Å²) in [6.07, 6.45) is 1.42. The van der Waals surface area contributed by atoms with E-state index in [9.17, 15) is 17.6 Å². The van der Waals surface area contributed by atoms with E-state index >= 15 is 0 Å². The van der Waals surface area contributed by atoms with Crippen molar-refractivity contribution in [2.45, 2.75) is 18.4 Å². The quantitative estimate of drug-likeness (QED) is 0.384. The van der Waals surface area contributed by atoms with Crippen LogP contribution in [0.2, 0.25) is 0 Å². The molecule has 9 heteroatoms. The van der Waals surface area contributed by atoms with E-state index in [1.807, 2.05) is 6.92 Å². The molecule has 0 saturated carbocycles. The number of nitrogens with zero attached hydrogens (tertiary/aromatic N) is 2. The molecular formula is C24H24FN3O4S. The third-order valence-corrected chi connectivity index (χ3v) is 6.61. The lowest BCUT2D eigenvalue weighted by molar-refractivity contribution is -0.121. The summed E-state index contributed by atoms with van der Waals surface area (Å²) in [5.41, 5.74) is 4.08. The Morgan fingerprint density at radius 3 is 2.36 bits per heavy atom. The van der Waals surface area contributed by atoms with E-state index in [0.717, 1.165) is 9.87 Å². The summed E-state index contributed by atoms with van der Waals surface area (Å²) in [6.45, 7) is 0.991. The fraction of sp³-hybridized carbons (Fsp3) is 0.167. The highest BCUT2D eigenvalue weighted by Crippen LogP contribution is 2.20. The number of methoxy groups -OCH3 is 1. The summed E-state index contributed by atoms with van der Waals surface area (Å²) in [4.78, 5) is 12.5. The van der Waals surface area contributed by atoms with Crippen molar-refractivity contribution in [2.24, 2.45) is 5.10 Å². The maximum Gasteiger partial charge on any atom is 0.255 e. The lowest BCUT2D eigenvalue weighted by atomic mass is 10.2. The molecule has 172 valence electrons. The van der Waals surface area contributed by atoms with Crippen LogP contribution < -0.4 is 10.2 Å². The van der Waals surface area contributed by atoms with Crippen LogP contribution >= 0.6 is 0 Å². The van der Waals surface area contributed by atoms with Gasteiger partial charge in [-0.2, -0.15) is 9.41 Å². The van der Waals surface area contributed by atoms with Crippen molar-refractivity contribution in [1.29, 1.82) is 0 Å². The summed E-state index contributed by atoms with van der Waals surface area (Å²) in [7, 11) is -2.52. The Labute approximate surface area is 192 Å². The van der Waals surface area contributed by atoms with Crippen LogP contribution in [0.1, 0.15) is 16.7 Å². The van der Waals surface area contributed by atoms with Gasteiger partial charge in [0.15, 0.2) is 0 Å². The van der Waals surface area contributed by atoms with E-state index in [-0.39, 0.29) is 17.0 Å². The number of carbonyl (C=O) groups excluding carboxylic acids is 1. The third kappa shape index (κ3) is 6.47. The van der Waals surface area contributed by atoms with Crippen LogP contribution in [0.3, 0.4) is 0 Å². The van der Waals surface area contributed by atoms with Gasteiger partial charge in [0, 0.05) is 12.1 Å². The van der Waals surface area contributed by atoms with Gasteiger partial charge in [0.2, 0.25) is 10.0 Å². The molecule has 0 fully saturated rings. The maximum atomic E-state index is 14.2. The number of benzene rings is 3. The van der Waals surface area contributed by atoms with Crippen LogP contribution in [0.25, 0.3) is 0 Å². The Kier molecular flexibility index (Phi) is 7.92. The van der Waals surface area contributed by atoms with Crippen LogP contribution in [-0.4, -0.2) is 38.5 Å². The van der Waals surface area contributed by atoms with Crippen LogP contribution in [0, 0.1) is 12.7 Å². The van der Waals surface area contributed by atoms with Crippen molar-refractivity contribution in [2.75, 3.05) is 13.7 Å². The van der Waals surface area contributed by atoms with E-state index < -0.39 is 28.3 Å². The number of hydrogen-bond donors (Lipinski definition) is 1. The second-order valence-electron chi connectivity index (χ2n) is 7.24. The first-order chi connectivity index (χ1) is 15.8. The topological polar surface area (TPSA) is 88.1 Å². The number of halogens is 1. The molecule has 0 aromatic heterocycles. The van der Waals surface area contributed by atoms with E-state index in [2.05, 4.69) is 10.5 Å². The number of hydrogen-bond acceptors (Lipinski definition) is 5. The Balaban J connectivity index is 1.78. The van der Waals surface area contributed by atoms with Gasteiger partial charge in [0.1, 0.15) is 11.6 Å². The second kappa shape index (κ2) is 10.8. The molecule has 0 bridgehead atoms. The maximum absolute atomic E-state index is 14.2. The summed E-state index contributed by atoms with van der Waals surface area (Å²) in [5.74, 6) is -0.535. The Morgan fingerprint density at radius 2 is 1.73 bits per heavy atom. The fourth-order valence-corrected chi connectivity index (χ4v) is 4.34. The van der Waals surface area contributed by atoms with E-state index in [0.29, 0.717) is 11.3 Å². The van der Waals surface area contributed by atoms with Crippen LogP contribution in [0.15, 0.2) is 82.8 Å². The number of rotatable bonds is 9. The van der Waals surface area contributed by atoms with Gasteiger partial charge in [0.05, 0.1) is 24.8 Å². The Morgan fingerprint density at radius 1 is 1.06 bits per heavy atom. The molecule has 0 aliphatic heterocycles. The van der Waals surface area contributed by atoms with Crippen molar-refractivity contribution in [3.63, 3.8) is 0 Å². The molecule has 0 aliphatic carbocycles. The van der Waals surface area contributed by atoms with Crippen LogP contribution in [0.5, 0.6) is 5.75 Å². The standard InChI is InChI=1S/C24H24FN3O4S/c1-18-7-13-22(14-8-18)33(30,31)28(16-20-5-3-4-6-23(20)25)17-24(29)27-26-15-19-9-11-21(32-2)12-10-19/h3-15H,16-17H2,1-2H3,(H,27,29)/b26-15-. The number of aryl methyl sites for hydroxylation is 1. The highest BCUT2D eigenvalue weighted by molar-refractivity contribution is 7.89. The molecular weight excluding hydrogens is 445 g/mol. The number of ether oxygens (including phenoxy) is 1.